The highest BCUT2D eigenvalue weighted by molar-refractivity contribution is 6.29. The topological polar surface area (TPSA) is 54.2 Å². The second kappa shape index (κ2) is 5.88. The van der Waals surface area contributed by atoms with E-state index < -0.39 is 5.60 Å². The van der Waals surface area contributed by atoms with Crippen LogP contribution in [0.4, 0.5) is 5.69 Å². The van der Waals surface area contributed by atoms with Crippen LogP contribution in [-0.4, -0.2) is 38.6 Å². The molecule has 0 unspecified atom stereocenters. The van der Waals surface area contributed by atoms with E-state index >= 15 is 0 Å². The van der Waals surface area contributed by atoms with Crippen LogP contribution in [0.2, 0.25) is 5.15 Å². The van der Waals surface area contributed by atoms with Gasteiger partial charge in [0.2, 0.25) is 0 Å². The fraction of sp³-hybridized carbons (Fsp3) is 0.412. The minimum Gasteiger partial charge on any atom is -0.390 e. The number of pyridine rings is 1. The van der Waals surface area contributed by atoms with Crippen molar-refractivity contribution in [2.45, 2.75) is 19.4 Å². The van der Waals surface area contributed by atoms with Crippen molar-refractivity contribution in [1.29, 1.82) is 0 Å². The highest BCUT2D eigenvalue weighted by Gasteiger charge is 2.38. The van der Waals surface area contributed by atoms with Crippen LogP contribution in [0.3, 0.4) is 0 Å². The molecule has 1 aliphatic rings. The number of aryl methyl sites for hydroxylation is 1. The minimum absolute atomic E-state index is 0.244. The summed E-state index contributed by atoms with van der Waals surface area (Å²) in [6.07, 6.45) is 5.28. The van der Waals surface area contributed by atoms with Crippen LogP contribution in [0.25, 0.3) is 0 Å². The van der Waals surface area contributed by atoms with E-state index in [4.69, 9.17) is 11.6 Å². The van der Waals surface area contributed by atoms with Crippen LogP contribution in [0, 0.1) is 17.8 Å². The Morgan fingerprint density at radius 2 is 2.04 bits per heavy atom. The third kappa shape index (κ3) is 3.49. The molecule has 23 heavy (non-hydrogen) atoms. The maximum Gasteiger partial charge on any atom is 0.131 e. The number of aliphatic hydroxyl groups is 1. The van der Waals surface area contributed by atoms with Gasteiger partial charge in [-0.3, -0.25) is 4.68 Å². The first kappa shape index (κ1) is 15.9. The summed E-state index contributed by atoms with van der Waals surface area (Å²) in [5.41, 5.74) is 1.97. The van der Waals surface area contributed by atoms with Crippen molar-refractivity contribution in [1.82, 2.24) is 14.8 Å². The van der Waals surface area contributed by atoms with Crippen LogP contribution in [0.15, 0.2) is 24.7 Å². The molecule has 0 saturated carbocycles. The average molecular weight is 331 g/mol. The molecule has 3 heterocycles. The Labute approximate surface area is 140 Å². The average Bonchev–Trinajstić information content (AvgIpc) is 2.80. The van der Waals surface area contributed by atoms with Gasteiger partial charge in [-0.15, -0.1) is 0 Å². The zero-order valence-corrected chi connectivity index (χ0v) is 14.2. The van der Waals surface area contributed by atoms with Crippen molar-refractivity contribution in [2.75, 3.05) is 18.0 Å². The van der Waals surface area contributed by atoms with E-state index in [1.165, 1.54) is 0 Å². The van der Waals surface area contributed by atoms with E-state index in [-0.39, 0.29) is 5.92 Å². The lowest BCUT2D eigenvalue weighted by molar-refractivity contribution is 0.00458. The van der Waals surface area contributed by atoms with Crippen molar-refractivity contribution >= 4 is 17.3 Å². The first-order valence-electron chi connectivity index (χ1n) is 7.46. The Balaban J connectivity index is 1.84. The molecule has 0 atom stereocenters. The summed E-state index contributed by atoms with van der Waals surface area (Å²) in [5, 5.41) is 14.6. The van der Waals surface area contributed by atoms with Gasteiger partial charge in [-0.1, -0.05) is 23.4 Å². The molecule has 0 aliphatic carbocycles. The van der Waals surface area contributed by atoms with E-state index in [1.54, 1.807) is 17.1 Å². The standard InChI is InChI=1S/C17H19ClN4O/c1-17(2,23)14-10-22(11-14)15-6-16(18)19-8-13(15)5-4-12-7-20-21(3)9-12/h6-9,14,23H,10-11H2,1-3H3. The Bertz CT molecular complexity index is 776. The molecule has 120 valence electrons. The molecule has 5 nitrogen and oxygen atoms in total. The Morgan fingerprint density at radius 3 is 2.65 bits per heavy atom. The maximum absolute atomic E-state index is 10.1. The summed E-state index contributed by atoms with van der Waals surface area (Å²) in [5.74, 6) is 6.48. The van der Waals surface area contributed by atoms with E-state index in [1.807, 2.05) is 33.2 Å². The van der Waals surface area contributed by atoms with E-state index in [0.29, 0.717) is 5.15 Å². The summed E-state index contributed by atoms with van der Waals surface area (Å²) < 4.78 is 1.72. The second-order valence-electron chi connectivity index (χ2n) is 6.43. The van der Waals surface area contributed by atoms with Crippen molar-refractivity contribution in [3.63, 3.8) is 0 Å². The molecule has 1 fully saturated rings. The molecular weight excluding hydrogens is 312 g/mol. The van der Waals surface area contributed by atoms with Gasteiger partial charge in [0.25, 0.3) is 0 Å². The van der Waals surface area contributed by atoms with Gasteiger partial charge < -0.3 is 10.0 Å². The van der Waals surface area contributed by atoms with E-state index in [2.05, 4.69) is 26.8 Å². The largest absolute Gasteiger partial charge is 0.390 e. The highest BCUT2D eigenvalue weighted by atomic mass is 35.5. The lowest BCUT2D eigenvalue weighted by atomic mass is 9.84. The number of aromatic nitrogens is 3. The first-order valence-corrected chi connectivity index (χ1v) is 7.84. The summed E-state index contributed by atoms with van der Waals surface area (Å²) in [7, 11) is 1.86. The molecule has 0 radical (unpaired) electrons. The number of anilines is 1. The number of nitrogens with zero attached hydrogens (tertiary/aromatic N) is 4. The van der Waals surface area contributed by atoms with Gasteiger partial charge in [-0.2, -0.15) is 5.10 Å². The number of rotatable bonds is 2. The van der Waals surface area contributed by atoms with Crippen molar-refractivity contribution in [3.05, 3.63) is 40.9 Å². The third-order valence-corrected chi connectivity index (χ3v) is 4.32. The van der Waals surface area contributed by atoms with Gasteiger partial charge in [0.1, 0.15) is 5.15 Å². The van der Waals surface area contributed by atoms with Crippen LogP contribution in [-0.2, 0) is 7.05 Å². The van der Waals surface area contributed by atoms with Crippen LogP contribution in [0.1, 0.15) is 25.0 Å². The SMILES string of the molecule is Cn1cc(C#Cc2cnc(Cl)cc2N2CC(C(C)(C)O)C2)cn1. The van der Waals surface area contributed by atoms with Crippen LogP contribution < -0.4 is 4.90 Å². The first-order chi connectivity index (χ1) is 10.8. The molecule has 2 aromatic rings. The number of hydrogen-bond donors (Lipinski definition) is 1. The fourth-order valence-corrected chi connectivity index (χ4v) is 2.68. The molecule has 1 N–H and O–H groups in total. The van der Waals surface area contributed by atoms with Crippen LogP contribution >= 0.6 is 11.6 Å². The monoisotopic (exact) mass is 330 g/mol. The van der Waals surface area contributed by atoms with Gasteiger partial charge in [0.15, 0.2) is 0 Å². The van der Waals surface area contributed by atoms with E-state index in [9.17, 15) is 5.11 Å². The lowest BCUT2D eigenvalue weighted by Crippen LogP contribution is -2.56. The predicted molar refractivity (Wildman–Crippen MR) is 90.4 cm³/mol. The normalized spacial score (nSPS) is 15.1. The van der Waals surface area contributed by atoms with Crippen molar-refractivity contribution in [2.24, 2.45) is 13.0 Å². The number of hydrogen-bond acceptors (Lipinski definition) is 4. The van der Waals surface area contributed by atoms with Gasteiger partial charge in [0.05, 0.1) is 28.6 Å². The lowest BCUT2D eigenvalue weighted by Gasteiger charge is -2.46. The molecule has 6 heteroatoms. The molecular formula is C17H19ClN4O. The van der Waals surface area contributed by atoms with Gasteiger partial charge in [-0.25, -0.2) is 4.98 Å². The summed E-state index contributed by atoms with van der Waals surface area (Å²) >= 11 is 6.04. The molecule has 2 aromatic heterocycles. The minimum atomic E-state index is -0.672. The van der Waals surface area contributed by atoms with Gasteiger partial charge in [-0.05, 0) is 13.8 Å². The summed E-state index contributed by atoms with van der Waals surface area (Å²) in [6.45, 7) is 5.26. The molecule has 0 aromatic carbocycles. The smallest absolute Gasteiger partial charge is 0.131 e. The fourth-order valence-electron chi connectivity index (χ4n) is 2.53. The van der Waals surface area contributed by atoms with Gasteiger partial charge in [0, 0.05) is 44.5 Å². The third-order valence-electron chi connectivity index (χ3n) is 4.12. The molecule has 0 bridgehead atoms. The summed E-state index contributed by atoms with van der Waals surface area (Å²) in [4.78, 5) is 6.30. The Morgan fingerprint density at radius 1 is 1.30 bits per heavy atom. The molecule has 1 saturated heterocycles. The molecule has 1 aliphatic heterocycles. The van der Waals surface area contributed by atoms with Crippen molar-refractivity contribution < 1.29 is 5.11 Å². The Kier molecular flexibility index (Phi) is 4.05. The highest BCUT2D eigenvalue weighted by Crippen LogP contribution is 2.33. The van der Waals surface area contributed by atoms with Gasteiger partial charge >= 0.3 is 0 Å². The van der Waals surface area contributed by atoms with E-state index in [0.717, 1.165) is 29.9 Å². The Hall–Kier alpha value is -2.03. The molecule has 0 amide bonds. The second-order valence-corrected chi connectivity index (χ2v) is 6.82. The van der Waals surface area contributed by atoms with Crippen molar-refractivity contribution in [3.8, 4) is 11.8 Å². The summed E-state index contributed by atoms with van der Waals surface area (Å²) in [6, 6.07) is 1.83. The molecule has 3 rings (SSSR count). The predicted octanol–water partition coefficient (Wildman–Crippen LogP) is 2.08. The van der Waals surface area contributed by atoms with Crippen LogP contribution in [0.5, 0.6) is 0 Å². The quantitative estimate of drug-likeness (QED) is 0.676. The molecule has 0 spiro atoms. The maximum atomic E-state index is 10.1. The number of halogens is 1. The zero-order valence-electron chi connectivity index (χ0n) is 13.4. The zero-order chi connectivity index (χ0) is 16.6.